The second-order valence-corrected chi connectivity index (χ2v) is 14.4. The van der Waals surface area contributed by atoms with Gasteiger partial charge < -0.3 is 18.2 Å². The fraction of sp³-hybridized carbons (Fsp3) is 0. The van der Waals surface area contributed by atoms with Gasteiger partial charge in [0.05, 0.1) is 11.4 Å². The lowest BCUT2D eigenvalue weighted by Gasteiger charge is -2.25. The lowest BCUT2D eigenvalue weighted by atomic mass is 9.93. The number of hydrogen-bond donors (Lipinski definition) is 0. The van der Waals surface area contributed by atoms with Gasteiger partial charge in [-0.15, -0.1) is 0 Å². The van der Waals surface area contributed by atoms with Gasteiger partial charge in [-0.1, -0.05) is 146 Å². The van der Waals surface area contributed by atoms with Gasteiger partial charge in [0.25, 0.3) is 0 Å². The molecule has 56 heavy (non-hydrogen) atoms. The van der Waals surface area contributed by atoms with Crippen LogP contribution in [0.1, 0.15) is 0 Å². The molecule has 0 aliphatic heterocycles. The number of nitrogens with zero attached hydrogens (tertiary/aromatic N) is 1. The highest BCUT2D eigenvalue weighted by molar-refractivity contribution is 6.26. The van der Waals surface area contributed by atoms with E-state index < -0.39 is 0 Å². The largest absolute Gasteiger partial charge is 0.456 e. The van der Waals surface area contributed by atoms with Crippen LogP contribution in [0.2, 0.25) is 0 Å². The molecule has 12 aromatic rings. The molecule has 9 aromatic carbocycles. The Kier molecular flexibility index (Phi) is 6.60. The molecular formula is C52H31NO3. The summed E-state index contributed by atoms with van der Waals surface area (Å²) in [5.41, 5.74) is 12.2. The first-order chi connectivity index (χ1) is 27.8. The molecule has 0 aliphatic carbocycles. The zero-order chi connectivity index (χ0) is 36.7. The second-order valence-electron chi connectivity index (χ2n) is 14.4. The summed E-state index contributed by atoms with van der Waals surface area (Å²) < 4.78 is 20.6. The second kappa shape index (κ2) is 12.0. The molecular weight excluding hydrogens is 687 g/mol. The van der Waals surface area contributed by atoms with Gasteiger partial charge in [-0.05, 0) is 69.9 Å². The molecule has 0 amide bonds. The van der Waals surface area contributed by atoms with Crippen LogP contribution in [0.3, 0.4) is 0 Å². The third-order valence-electron chi connectivity index (χ3n) is 11.3. The van der Waals surface area contributed by atoms with Gasteiger partial charge in [-0.25, -0.2) is 0 Å². The molecule has 0 saturated heterocycles. The van der Waals surface area contributed by atoms with Crippen molar-refractivity contribution < 1.29 is 13.3 Å². The van der Waals surface area contributed by atoms with Crippen LogP contribution in [-0.4, -0.2) is 0 Å². The van der Waals surface area contributed by atoms with Gasteiger partial charge in [0, 0.05) is 43.6 Å². The van der Waals surface area contributed by atoms with Crippen LogP contribution in [0.5, 0.6) is 0 Å². The smallest absolute Gasteiger partial charge is 0.159 e. The molecule has 0 aliphatic rings. The van der Waals surface area contributed by atoms with Crippen LogP contribution in [0.15, 0.2) is 201 Å². The monoisotopic (exact) mass is 717 g/mol. The maximum Gasteiger partial charge on any atom is 0.159 e. The van der Waals surface area contributed by atoms with Crippen LogP contribution in [0.25, 0.3) is 98.8 Å². The molecule has 3 heterocycles. The highest BCUT2D eigenvalue weighted by Gasteiger charge is 2.26. The van der Waals surface area contributed by atoms with E-state index in [1.807, 2.05) is 30.3 Å². The summed E-state index contributed by atoms with van der Waals surface area (Å²) >= 11 is 0. The fourth-order valence-electron chi connectivity index (χ4n) is 8.75. The molecule has 4 heteroatoms. The predicted molar refractivity (Wildman–Crippen MR) is 231 cm³/mol. The van der Waals surface area contributed by atoms with Crippen molar-refractivity contribution in [2.45, 2.75) is 0 Å². The van der Waals surface area contributed by atoms with E-state index in [0.29, 0.717) is 0 Å². The summed E-state index contributed by atoms with van der Waals surface area (Å²) in [5.74, 6) is 0. The number of fused-ring (bicyclic) bond motifs is 10. The standard InChI is InChI=1S/C52H31NO3/c1-2-13-32(14-3-1)33-27-29-35(30-28-33)53(43-23-11-21-39-37-18-6-8-25-45(37)55-50(39)43)44-24-12-22-40-42-31-47-48(41-19-7-9-26-46(41)54-47)49(52(42)56-51(40)44)38-20-10-16-34-15-4-5-17-36(34)38/h1-31H. The molecule has 0 N–H and O–H groups in total. The van der Waals surface area contributed by atoms with Crippen molar-refractivity contribution in [3.8, 4) is 22.3 Å². The number of para-hydroxylation sites is 4. The molecule has 0 atom stereocenters. The zero-order valence-corrected chi connectivity index (χ0v) is 30.1. The van der Waals surface area contributed by atoms with Gasteiger partial charge in [0.2, 0.25) is 0 Å². The molecule has 3 aromatic heterocycles. The van der Waals surface area contributed by atoms with Crippen molar-refractivity contribution >= 4 is 93.7 Å². The van der Waals surface area contributed by atoms with E-state index in [4.69, 9.17) is 13.3 Å². The lowest BCUT2D eigenvalue weighted by Crippen LogP contribution is -2.10. The maximum absolute atomic E-state index is 7.32. The minimum Gasteiger partial charge on any atom is -0.456 e. The number of furan rings is 3. The molecule has 0 fully saturated rings. The molecule has 0 spiro atoms. The molecule has 0 bridgehead atoms. The molecule has 4 nitrogen and oxygen atoms in total. The quantitative estimate of drug-likeness (QED) is 0.178. The summed E-state index contributed by atoms with van der Waals surface area (Å²) in [4.78, 5) is 2.28. The van der Waals surface area contributed by atoms with Crippen molar-refractivity contribution in [1.82, 2.24) is 0 Å². The average Bonchev–Trinajstić information content (AvgIpc) is 3.95. The van der Waals surface area contributed by atoms with Crippen molar-refractivity contribution in [3.63, 3.8) is 0 Å². The van der Waals surface area contributed by atoms with Crippen molar-refractivity contribution in [2.75, 3.05) is 4.90 Å². The number of rotatable bonds is 5. The Bertz CT molecular complexity index is 3470. The summed E-state index contributed by atoms with van der Waals surface area (Å²) in [5, 5.41) is 8.58. The first kappa shape index (κ1) is 30.9. The predicted octanol–water partition coefficient (Wildman–Crippen LogP) is 15.3. The average molecular weight is 718 g/mol. The summed E-state index contributed by atoms with van der Waals surface area (Å²) in [7, 11) is 0. The summed E-state index contributed by atoms with van der Waals surface area (Å²) in [6.07, 6.45) is 0. The third-order valence-corrected chi connectivity index (χ3v) is 11.3. The Balaban J connectivity index is 1.17. The van der Waals surface area contributed by atoms with Gasteiger partial charge in [0.15, 0.2) is 11.2 Å². The first-order valence-corrected chi connectivity index (χ1v) is 18.9. The molecule has 262 valence electrons. The van der Waals surface area contributed by atoms with E-state index in [1.54, 1.807) is 0 Å². The highest BCUT2D eigenvalue weighted by Crippen LogP contribution is 2.50. The Morgan fingerprint density at radius 3 is 1.70 bits per heavy atom. The van der Waals surface area contributed by atoms with Gasteiger partial charge in [0.1, 0.15) is 22.3 Å². The SMILES string of the molecule is c1ccc(-c2ccc(N(c3cccc4c3oc3ccccc34)c3cccc4c3oc3c(-c5cccc6ccccc56)c5c(cc34)oc3ccccc35)cc2)cc1. The van der Waals surface area contributed by atoms with Crippen LogP contribution < -0.4 is 4.90 Å². The van der Waals surface area contributed by atoms with Crippen molar-refractivity contribution in [3.05, 3.63) is 188 Å². The number of benzene rings is 9. The minimum absolute atomic E-state index is 0.779. The Labute approximate surface area is 321 Å². The molecule has 0 unspecified atom stereocenters. The van der Waals surface area contributed by atoms with Gasteiger partial charge in [-0.2, -0.15) is 0 Å². The van der Waals surface area contributed by atoms with Crippen LogP contribution in [0, 0.1) is 0 Å². The van der Waals surface area contributed by atoms with Crippen molar-refractivity contribution in [2.24, 2.45) is 0 Å². The molecule has 0 radical (unpaired) electrons. The maximum atomic E-state index is 7.32. The highest BCUT2D eigenvalue weighted by atomic mass is 16.3. The van der Waals surface area contributed by atoms with E-state index in [9.17, 15) is 0 Å². The van der Waals surface area contributed by atoms with Crippen LogP contribution in [0.4, 0.5) is 17.1 Å². The third kappa shape index (κ3) is 4.53. The van der Waals surface area contributed by atoms with Crippen molar-refractivity contribution in [1.29, 1.82) is 0 Å². The van der Waals surface area contributed by atoms with Gasteiger partial charge in [-0.3, -0.25) is 0 Å². The van der Waals surface area contributed by atoms with Crippen LogP contribution in [-0.2, 0) is 0 Å². The number of hydrogen-bond acceptors (Lipinski definition) is 4. The van der Waals surface area contributed by atoms with E-state index >= 15 is 0 Å². The zero-order valence-electron chi connectivity index (χ0n) is 30.1. The van der Waals surface area contributed by atoms with E-state index in [-0.39, 0.29) is 0 Å². The fourth-order valence-corrected chi connectivity index (χ4v) is 8.75. The Morgan fingerprint density at radius 2 is 0.911 bits per heavy atom. The Morgan fingerprint density at radius 1 is 0.339 bits per heavy atom. The first-order valence-electron chi connectivity index (χ1n) is 18.9. The normalized spacial score (nSPS) is 11.9. The molecule has 12 rings (SSSR count). The lowest BCUT2D eigenvalue weighted by molar-refractivity contribution is 0.664. The minimum atomic E-state index is 0.779. The van der Waals surface area contributed by atoms with Crippen LogP contribution >= 0.6 is 0 Å². The van der Waals surface area contributed by atoms with E-state index in [0.717, 1.165) is 105 Å². The topological polar surface area (TPSA) is 42.7 Å². The Hall–Kier alpha value is -7.56. The summed E-state index contributed by atoms with van der Waals surface area (Å²) in [6.45, 7) is 0. The van der Waals surface area contributed by atoms with E-state index in [1.165, 1.54) is 10.9 Å². The van der Waals surface area contributed by atoms with Gasteiger partial charge >= 0.3 is 0 Å². The van der Waals surface area contributed by atoms with E-state index in [2.05, 4.69) is 163 Å². The summed E-state index contributed by atoms with van der Waals surface area (Å²) in [6, 6.07) is 65.8. The number of anilines is 3. The molecule has 0 saturated carbocycles.